The molecule has 0 bridgehead atoms. The molecule has 0 fully saturated rings. The summed E-state index contributed by atoms with van der Waals surface area (Å²) in [5.41, 5.74) is 0. The van der Waals surface area contributed by atoms with Crippen molar-refractivity contribution in [1.82, 2.24) is 0 Å². The van der Waals surface area contributed by atoms with Crippen LogP contribution in [0.1, 0.15) is 13.3 Å². The lowest BCUT2D eigenvalue weighted by Crippen LogP contribution is -2.06. The summed E-state index contributed by atoms with van der Waals surface area (Å²) in [5.74, 6) is 1.79. The van der Waals surface area contributed by atoms with E-state index in [1.54, 1.807) is 7.11 Å². The summed E-state index contributed by atoms with van der Waals surface area (Å²) in [6, 6.07) is 0. The van der Waals surface area contributed by atoms with Gasteiger partial charge >= 0.3 is 0 Å². The molecule has 0 spiro atoms. The van der Waals surface area contributed by atoms with E-state index in [0.717, 1.165) is 24.7 Å². The Morgan fingerprint density at radius 1 is 1.31 bits per heavy atom. The molecule has 0 rings (SSSR count). The molecule has 0 amide bonds. The second-order valence-electron chi connectivity index (χ2n) is 2.76. The summed E-state index contributed by atoms with van der Waals surface area (Å²) in [5, 5.41) is 0.642. The van der Waals surface area contributed by atoms with Crippen LogP contribution >= 0.6 is 23.4 Å². The van der Waals surface area contributed by atoms with E-state index in [-0.39, 0.29) is 0 Å². The van der Waals surface area contributed by atoms with Crippen LogP contribution in [0.5, 0.6) is 0 Å². The highest BCUT2D eigenvalue weighted by atomic mass is 35.5. The number of rotatable bonds is 9. The molecule has 0 saturated heterocycles. The molecule has 1 atom stereocenters. The molecular weight excluding hydrogens is 208 g/mol. The molecule has 1 unspecified atom stereocenters. The zero-order valence-corrected chi connectivity index (χ0v) is 10.00. The predicted octanol–water partition coefficient (Wildman–Crippen LogP) is 2.40. The molecule has 0 radical (unpaired) electrons. The first kappa shape index (κ1) is 13.6. The predicted molar refractivity (Wildman–Crippen MR) is 60.0 cm³/mol. The topological polar surface area (TPSA) is 18.5 Å². The van der Waals surface area contributed by atoms with E-state index in [2.05, 4.69) is 6.92 Å². The van der Waals surface area contributed by atoms with E-state index in [9.17, 15) is 0 Å². The maximum atomic E-state index is 5.62. The first-order chi connectivity index (χ1) is 6.31. The Labute approximate surface area is 90.3 Å². The van der Waals surface area contributed by atoms with Crippen LogP contribution in [-0.4, -0.2) is 43.8 Å². The third kappa shape index (κ3) is 10.5. The number of halogens is 1. The van der Waals surface area contributed by atoms with Gasteiger partial charge in [0.05, 0.1) is 19.8 Å². The molecule has 0 N–H and O–H groups in total. The Hall–Kier alpha value is 0.560. The zero-order chi connectivity index (χ0) is 9.94. The fraction of sp³-hybridized carbons (Fsp3) is 1.00. The minimum Gasteiger partial charge on any atom is -0.382 e. The van der Waals surface area contributed by atoms with E-state index in [1.807, 2.05) is 11.8 Å². The number of alkyl halides is 1. The van der Waals surface area contributed by atoms with Crippen molar-refractivity contribution in [3.05, 3.63) is 0 Å². The fourth-order valence-electron chi connectivity index (χ4n) is 0.790. The smallest absolute Gasteiger partial charge is 0.0700 e. The maximum Gasteiger partial charge on any atom is 0.0700 e. The molecule has 0 aliphatic rings. The van der Waals surface area contributed by atoms with Crippen molar-refractivity contribution in [3.63, 3.8) is 0 Å². The molecule has 80 valence electrons. The van der Waals surface area contributed by atoms with Gasteiger partial charge in [0.2, 0.25) is 0 Å². The lowest BCUT2D eigenvalue weighted by atomic mass is 10.4. The van der Waals surface area contributed by atoms with Gasteiger partial charge in [-0.3, -0.25) is 0 Å². The first-order valence-corrected chi connectivity index (χ1v) is 6.13. The van der Waals surface area contributed by atoms with E-state index >= 15 is 0 Å². The highest BCUT2D eigenvalue weighted by Crippen LogP contribution is 2.13. The van der Waals surface area contributed by atoms with Crippen LogP contribution < -0.4 is 0 Å². The molecule has 0 aromatic heterocycles. The van der Waals surface area contributed by atoms with E-state index in [1.165, 1.54) is 0 Å². The summed E-state index contributed by atoms with van der Waals surface area (Å²) < 4.78 is 10.2. The molecular formula is C9H19ClO2S. The number of methoxy groups -OCH3 is 1. The van der Waals surface area contributed by atoms with Crippen molar-refractivity contribution in [1.29, 1.82) is 0 Å². The van der Waals surface area contributed by atoms with Gasteiger partial charge in [0.25, 0.3) is 0 Å². The van der Waals surface area contributed by atoms with Crippen LogP contribution in [0.2, 0.25) is 0 Å². The van der Waals surface area contributed by atoms with Gasteiger partial charge in [-0.05, 0) is 6.42 Å². The van der Waals surface area contributed by atoms with E-state index in [4.69, 9.17) is 21.1 Å². The van der Waals surface area contributed by atoms with Gasteiger partial charge in [0, 0.05) is 24.0 Å². The average Bonchev–Trinajstić information content (AvgIpc) is 2.11. The van der Waals surface area contributed by atoms with Crippen molar-refractivity contribution in [2.45, 2.75) is 18.6 Å². The van der Waals surface area contributed by atoms with Crippen molar-refractivity contribution >= 4 is 23.4 Å². The Morgan fingerprint density at radius 3 is 2.69 bits per heavy atom. The zero-order valence-electron chi connectivity index (χ0n) is 8.42. The number of hydrogen-bond donors (Lipinski definition) is 0. The maximum absolute atomic E-state index is 5.62. The van der Waals surface area contributed by atoms with Crippen molar-refractivity contribution in [2.75, 3.05) is 38.6 Å². The molecule has 13 heavy (non-hydrogen) atoms. The number of hydrogen-bond acceptors (Lipinski definition) is 3. The largest absolute Gasteiger partial charge is 0.382 e. The summed E-state index contributed by atoms with van der Waals surface area (Å²) in [6.45, 7) is 4.38. The summed E-state index contributed by atoms with van der Waals surface area (Å²) in [4.78, 5) is 0. The van der Waals surface area contributed by atoms with Gasteiger partial charge in [-0.25, -0.2) is 0 Å². The van der Waals surface area contributed by atoms with Crippen molar-refractivity contribution < 1.29 is 9.47 Å². The van der Waals surface area contributed by atoms with Crippen LogP contribution in [0.4, 0.5) is 0 Å². The van der Waals surface area contributed by atoms with Gasteiger partial charge < -0.3 is 9.47 Å². The van der Waals surface area contributed by atoms with Gasteiger partial charge in [-0.15, -0.1) is 11.6 Å². The van der Waals surface area contributed by atoms with Gasteiger partial charge in [0.15, 0.2) is 0 Å². The van der Waals surface area contributed by atoms with Gasteiger partial charge in [0.1, 0.15) is 0 Å². The Morgan fingerprint density at radius 2 is 2.08 bits per heavy atom. The molecule has 0 aromatic rings. The number of thioether (sulfide) groups is 1. The van der Waals surface area contributed by atoms with Crippen LogP contribution in [0.3, 0.4) is 0 Å². The van der Waals surface area contributed by atoms with Gasteiger partial charge in [-0.2, -0.15) is 11.8 Å². The Bertz CT molecular complexity index is 104. The monoisotopic (exact) mass is 226 g/mol. The Kier molecular flexibility index (Phi) is 11.1. The van der Waals surface area contributed by atoms with Crippen LogP contribution in [0, 0.1) is 0 Å². The third-order valence-corrected chi connectivity index (χ3v) is 3.00. The molecule has 0 aliphatic carbocycles. The van der Waals surface area contributed by atoms with Crippen LogP contribution in [-0.2, 0) is 9.47 Å². The SMILES string of the molecule is COCCOCCSC(C)CCCl. The Balaban J connectivity index is 2.97. The van der Waals surface area contributed by atoms with E-state index in [0.29, 0.717) is 18.5 Å². The summed E-state index contributed by atoms with van der Waals surface area (Å²) in [7, 11) is 1.68. The summed E-state index contributed by atoms with van der Waals surface area (Å²) >= 11 is 7.53. The van der Waals surface area contributed by atoms with Crippen molar-refractivity contribution in [3.8, 4) is 0 Å². The highest BCUT2D eigenvalue weighted by molar-refractivity contribution is 7.99. The second-order valence-corrected chi connectivity index (χ2v) is 4.69. The third-order valence-electron chi connectivity index (χ3n) is 1.58. The first-order valence-electron chi connectivity index (χ1n) is 4.55. The van der Waals surface area contributed by atoms with E-state index < -0.39 is 0 Å². The normalized spacial score (nSPS) is 13.2. The lowest BCUT2D eigenvalue weighted by molar-refractivity contribution is 0.0790. The fourth-order valence-corrected chi connectivity index (χ4v) is 2.15. The van der Waals surface area contributed by atoms with Gasteiger partial charge in [-0.1, -0.05) is 6.92 Å². The minimum absolute atomic E-state index is 0.642. The highest BCUT2D eigenvalue weighted by Gasteiger charge is 2.00. The number of ether oxygens (including phenoxy) is 2. The quantitative estimate of drug-likeness (QED) is 0.444. The summed E-state index contributed by atoms with van der Waals surface area (Å²) in [6.07, 6.45) is 1.07. The van der Waals surface area contributed by atoms with Crippen LogP contribution in [0.15, 0.2) is 0 Å². The van der Waals surface area contributed by atoms with Crippen molar-refractivity contribution in [2.24, 2.45) is 0 Å². The van der Waals surface area contributed by atoms with Crippen LogP contribution in [0.25, 0.3) is 0 Å². The standard InChI is InChI=1S/C9H19ClO2S/c1-9(3-4-10)13-8-7-12-6-5-11-2/h9H,3-8H2,1-2H3. The average molecular weight is 227 g/mol. The molecule has 0 saturated carbocycles. The molecule has 0 aliphatic heterocycles. The minimum atomic E-state index is 0.642. The molecule has 2 nitrogen and oxygen atoms in total. The lowest BCUT2D eigenvalue weighted by Gasteiger charge is -2.08. The molecule has 0 heterocycles. The molecule has 4 heteroatoms. The second kappa shape index (κ2) is 10.6. The molecule has 0 aromatic carbocycles.